The van der Waals surface area contributed by atoms with Gasteiger partial charge in [0.2, 0.25) is 0 Å². The Kier molecular flexibility index (Phi) is 11.9. The van der Waals surface area contributed by atoms with Gasteiger partial charge in [0.1, 0.15) is 0 Å². The lowest BCUT2D eigenvalue weighted by Gasteiger charge is -2.51. The number of benzene rings is 1. The topological polar surface area (TPSA) is 0 Å². The lowest BCUT2D eigenvalue weighted by Crippen LogP contribution is -2.56. The molecule has 0 spiro atoms. The van der Waals surface area contributed by atoms with Crippen LogP contribution >= 0.6 is 0 Å². The lowest BCUT2D eigenvalue weighted by molar-refractivity contribution is 0.844. The Morgan fingerprint density at radius 1 is 0.519 bits per heavy atom. The summed E-state index contributed by atoms with van der Waals surface area (Å²) < 4.78 is 0. The number of rotatable bonds is 15. The molecule has 0 amide bonds. The van der Waals surface area contributed by atoms with Gasteiger partial charge in [-0.05, 0) is 5.16 Å². The molecule has 0 aliphatic heterocycles. The Morgan fingerprint density at radius 2 is 0.815 bits per heavy atom. The van der Waals surface area contributed by atoms with Crippen molar-refractivity contribution in [3.05, 3.63) is 35.9 Å². The second-order valence-electron chi connectivity index (χ2n) is 9.07. The van der Waals surface area contributed by atoms with E-state index in [0.29, 0.717) is 0 Å². The maximum Gasteiger partial charge on any atom is 0.0585 e. The van der Waals surface area contributed by atoms with Gasteiger partial charge < -0.3 is 0 Å². The largest absolute Gasteiger partial charge is 0.0657 e. The van der Waals surface area contributed by atoms with Gasteiger partial charge in [-0.2, -0.15) is 0 Å². The van der Waals surface area contributed by atoms with E-state index in [4.69, 9.17) is 0 Å². The highest BCUT2D eigenvalue weighted by atomic mass is 28.4. The monoisotopic (exact) mass is 404 g/mol. The van der Waals surface area contributed by atoms with Crippen molar-refractivity contribution >= 4 is 16.1 Å². The van der Waals surface area contributed by atoms with Crippen LogP contribution in [0, 0.1) is 0 Å². The van der Waals surface area contributed by atoms with Crippen LogP contribution in [0.1, 0.15) is 90.8 Å². The summed E-state index contributed by atoms with van der Waals surface area (Å²) >= 11 is 0. The summed E-state index contributed by atoms with van der Waals surface area (Å²) in [5.41, 5.74) is 1.75. The average molecular weight is 405 g/mol. The lowest BCUT2D eigenvalue weighted by atomic mass is 10.2. The Hall–Kier alpha value is -0.346. The molecule has 0 saturated heterocycles. The average Bonchev–Trinajstić information content (AvgIpc) is 2.64. The van der Waals surface area contributed by atoms with Crippen molar-refractivity contribution in [2.24, 2.45) is 0 Å². The molecule has 2 heteroatoms. The second kappa shape index (κ2) is 13.0. The first-order chi connectivity index (χ1) is 13.1. The zero-order valence-corrected chi connectivity index (χ0v) is 21.4. The normalized spacial score (nSPS) is 12.7. The van der Waals surface area contributed by atoms with Gasteiger partial charge in [0.25, 0.3) is 0 Å². The molecule has 0 bridgehead atoms. The highest BCUT2D eigenvalue weighted by Crippen LogP contribution is 2.49. The number of hydrogen-bond acceptors (Lipinski definition) is 0. The van der Waals surface area contributed by atoms with Crippen molar-refractivity contribution in [1.82, 2.24) is 0 Å². The molecule has 0 N–H and O–H groups in total. The van der Waals surface area contributed by atoms with E-state index in [1.54, 1.807) is 41.8 Å². The van der Waals surface area contributed by atoms with Gasteiger partial charge in [0.15, 0.2) is 0 Å². The summed E-state index contributed by atoms with van der Waals surface area (Å²) in [4.78, 5) is 0. The molecule has 0 fully saturated rings. The van der Waals surface area contributed by atoms with Crippen molar-refractivity contribution in [3.8, 4) is 0 Å². The van der Waals surface area contributed by atoms with E-state index in [1.165, 1.54) is 38.5 Å². The third-order valence-electron chi connectivity index (χ3n) is 6.84. The fourth-order valence-electron chi connectivity index (χ4n) is 6.61. The predicted molar refractivity (Wildman–Crippen MR) is 131 cm³/mol. The Bertz CT molecular complexity index is 422. The molecule has 1 aromatic carbocycles. The van der Waals surface area contributed by atoms with Crippen LogP contribution in [0.25, 0.3) is 0 Å². The van der Waals surface area contributed by atoms with Crippen molar-refractivity contribution in [2.75, 3.05) is 0 Å². The van der Waals surface area contributed by atoms with E-state index in [-0.39, 0.29) is 0 Å². The molecule has 0 unspecified atom stereocenters. The van der Waals surface area contributed by atoms with E-state index in [1.807, 2.05) is 0 Å². The minimum absolute atomic E-state index is 0.978. The van der Waals surface area contributed by atoms with E-state index in [9.17, 15) is 0 Å². The quantitative estimate of drug-likeness (QED) is 0.255. The molecule has 0 saturated carbocycles. The summed E-state index contributed by atoms with van der Waals surface area (Å²) in [7, 11) is -2.70. The molecule has 0 aliphatic rings. The molecule has 0 aromatic heterocycles. The van der Waals surface area contributed by atoms with E-state index < -0.39 is 16.1 Å². The van der Waals surface area contributed by atoms with Gasteiger partial charge in [-0.1, -0.05) is 152 Å². The molecule has 0 nitrogen and oxygen atoms in total. The van der Waals surface area contributed by atoms with Gasteiger partial charge in [-0.3, -0.25) is 0 Å². The molecule has 0 aliphatic carbocycles. The van der Waals surface area contributed by atoms with Crippen LogP contribution in [0.4, 0.5) is 0 Å². The summed E-state index contributed by atoms with van der Waals surface area (Å²) in [6.07, 6.45) is 8.36. The minimum atomic E-state index is -1.35. The summed E-state index contributed by atoms with van der Waals surface area (Å²) in [5, 5.41) is 0.978. The molecular weight excluding hydrogens is 356 g/mol. The summed E-state index contributed by atoms with van der Waals surface area (Å²) in [6, 6.07) is 21.3. The first-order valence-electron chi connectivity index (χ1n) is 12.1. The molecular formula is C25H48Si2. The number of hydrogen-bond donors (Lipinski definition) is 0. The molecule has 27 heavy (non-hydrogen) atoms. The standard InChI is InChI=1S/C25H48Si2/c1-7-18-26(19-8-2,20-9-3)25(24-16-14-13-15-17-24)27(21-10-4,22-11-5)23-12-6/h13-17,25H,7-12,18-23H2,1-6H3. The van der Waals surface area contributed by atoms with Crippen LogP contribution in [0.2, 0.25) is 36.3 Å². The fourth-order valence-corrected chi connectivity index (χ4v) is 25.4. The maximum absolute atomic E-state index is 2.52. The van der Waals surface area contributed by atoms with E-state index in [2.05, 4.69) is 71.9 Å². The minimum Gasteiger partial charge on any atom is -0.0657 e. The van der Waals surface area contributed by atoms with Crippen LogP contribution < -0.4 is 0 Å². The van der Waals surface area contributed by atoms with Crippen molar-refractivity contribution in [2.45, 2.75) is 121 Å². The summed E-state index contributed by atoms with van der Waals surface area (Å²) in [5.74, 6) is 0. The first kappa shape index (κ1) is 24.7. The predicted octanol–water partition coefficient (Wildman–Crippen LogP) is 9.21. The molecule has 1 aromatic rings. The van der Waals surface area contributed by atoms with Crippen LogP contribution in [0.15, 0.2) is 30.3 Å². The van der Waals surface area contributed by atoms with Crippen LogP contribution in [0.3, 0.4) is 0 Å². The zero-order valence-electron chi connectivity index (χ0n) is 19.4. The molecule has 0 heterocycles. The Labute approximate surface area is 173 Å². The van der Waals surface area contributed by atoms with Gasteiger partial charge in [-0.25, -0.2) is 0 Å². The van der Waals surface area contributed by atoms with Crippen LogP contribution in [-0.2, 0) is 0 Å². The van der Waals surface area contributed by atoms with Gasteiger partial charge >= 0.3 is 0 Å². The second-order valence-corrected chi connectivity index (χ2v) is 19.2. The van der Waals surface area contributed by atoms with Crippen molar-refractivity contribution in [1.29, 1.82) is 0 Å². The van der Waals surface area contributed by atoms with Gasteiger partial charge in [0.05, 0.1) is 16.1 Å². The van der Waals surface area contributed by atoms with E-state index >= 15 is 0 Å². The van der Waals surface area contributed by atoms with Crippen molar-refractivity contribution < 1.29 is 0 Å². The Balaban J connectivity index is 3.68. The third-order valence-corrected chi connectivity index (χ3v) is 22.6. The highest BCUT2D eigenvalue weighted by Gasteiger charge is 2.51. The molecule has 156 valence electrons. The molecule has 1 rings (SSSR count). The van der Waals surface area contributed by atoms with E-state index in [0.717, 1.165) is 5.16 Å². The van der Waals surface area contributed by atoms with Crippen molar-refractivity contribution in [3.63, 3.8) is 0 Å². The van der Waals surface area contributed by atoms with Gasteiger partial charge in [-0.15, -0.1) is 0 Å². The fraction of sp³-hybridized carbons (Fsp3) is 0.760. The first-order valence-corrected chi connectivity index (χ1v) is 17.5. The third kappa shape index (κ3) is 6.32. The smallest absolute Gasteiger partial charge is 0.0585 e. The maximum atomic E-state index is 2.52. The SMILES string of the molecule is CCC[Si](CCC)(CCC)C(c1ccccc1)[Si](CCC)(CCC)CCC. The van der Waals surface area contributed by atoms with Crippen LogP contribution in [-0.4, -0.2) is 16.1 Å². The van der Waals surface area contributed by atoms with Crippen LogP contribution in [0.5, 0.6) is 0 Å². The molecule has 0 radical (unpaired) electrons. The zero-order chi connectivity index (χ0) is 20.2. The Morgan fingerprint density at radius 3 is 1.07 bits per heavy atom. The highest BCUT2D eigenvalue weighted by molar-refractivity contribution is 6.99. The molecule has 0 atom stereocenters. The summed E-state index contributed by atoms with van der Waals surface area (Å²) in [6.45, 7) is 14.7. The van der Waals surface area contributed by atoms with Gasteiger partial charge in [0, 0.05) is 0 Å².